The highest BCUT2D eigenvalue weighted by Gasteiger charge is 2.22. The van der Waals surface area contributed by atoms with Crippen LogP contribution in [0.1, 0.15) is 22.0 Å². The summed E-state index contributed by atoms with van der Waals surface area (Å²) in [6.07, 6.45) is -1.45. The molecule has 0 spiro atoms. The number of aliphatic hydroxyl groups is 1. The number of rotatable bonds is 3. The van der Waals surface area contributed by atoms with E-state index in [4.69, 9.17) is 10.2 Å². The average Bonchev–Trinajstić information content (AvgIpc) is 2.38. The third kappa shape index (κ3) is 2.66. The van der Waals surface area contributed by atoms with Crippen molar-refractivity contribution in [2.75, 3.05) is 0 Å². The van der Waals surface area contributed by atoms with Gasteiger partial charge in [-0.05, 0) is 29.8 Å². The number of phenolic OH excluding ortho intramolecular Hbond substituents is 3. The van der Waals surface area contributed by atoms with Gasteiger partial charge in [-0.3, -0.25) is 4.79 Å². The zero-order valence-electron chi connectivity index (χ0n) is 9.82. The van der Waals surface area contributed by atoms with Gasteiger partial charge in [0.15, 0.2) is 5.78 Å². The van der Waals surface area contributed by atoms with Crippen LogP contribution < -0.4 is 0 Å². The second-order valence-corrected chi connectivity index (χ2v) is 4.06. The summed E-state index contributed by atoms with van der Waals surface area (Å²) in [4.78, 5) is 12.0. The zero-order chi connectivity index (χ0) is 14.0. The zero-order valence-corrected chi connectivity index (χ0v) is 9.82. The van der Waals surface area contributed by atoms with Crippen molar-refractivity contribution in [2.24, 2.45) is 0 Å². The molecule has 0 radical (unpaired) electrons. The number of carbonyl (C=O) groups excluding carboxylic acids is 1. The van der Waals surface area contributed by atoms with Crippen molar-refractivity contribution in [3.05, 3.63) is 53.6 Å². The molecular weight excluding hydrogens is 248 g/mol. The van der Waals surface area contributed by atoms with Gasteiger partial charge >= 0.3 is 0 Å². The molecule has 1 atom stereocenters. The standard InChI is InChI=1S/C14H12O5/c15-9-3-1-8(2-4-9)13(18)14(19)11-6-5-10(16)7-12(11)17/h1-7,13,15-18H. The lowest BCUT2D eigenvalue weighted by molar-refractivity contribution is 0.0744. The molecule has 2 rings (SSSR count). The molecular formula is C14H12O5. The number of aromatic hydroxyl groups is 3. The first-order chi connectivity index (χ1) is 8.99. The maximum atomic E-state index is 12.0. The van der Waals surface area contributed by atoms with Gasteiger partial charge in [0.2, 0.25) is 0 Å². The molecule has 0 fully saturated rings. The van der Waals surface area contributed by atoms with Gasteiger partial charge in [0, 0.05) is 6.07 Å². The van der Waals surface area contributed by atoms with Crippen LogP contribution in [-0.2, 0) is 0 Å². The minimum Gasteiger partial charge on any atom is -0.508 e. The van der Waals surface area contributed by atoms with Crippen molar-refractivity contribution in [3.63, 3.8) is 0 Å². The lowest BCUT2D eigenvalue weighted by Crippen LogP contribution is -2.12. The smallest absolute Gasteiger partial charge is 0.199 e. The van der Waals surface area contributed by atoms with E-state index in [-0.39, 0.29) is 17.1 Å². The minimum atomic E-state index is -1.45. The van der Waals surface area contributed by atoms with Crippen LogP contribution in [0.4, 0.5) is 0 Å². The predicted molar refractivity (Wildman–Crippen MR) is 67.2 cm³/mol. The summed E-state index contributed by atoms with van der Waals surface area (Å²) in [5.74, 6) is -1.24. The number of ketones is 1. The van der Waals surface area contributed by atoms with Crippen molar-refractivity contribution in [1.82, 2.24) is 0 Å². The molecule has 0 aliphatic rings. The Hall–Kier alpha value is -2.53. The largest absolute Gasteiger partial charge is 0.508 e. The summed E-state index contributed by atoms with van der Waals surface area (Å²) in [6.45, 7) is 0. The maximum Gasteiger partial charge on any atom is 0.199 e. The van der Waals surface area contributed by atoms with Crippen LogP contribution in [-0.4, -0.2) is 26.2 Å². The monoisotopic (exact) mass is 260 g/mol. The number of Topliss-reactive ketones (excluding diaryl/α,β-unsaturated/α-hetero) is 1. The quantitative estimate of drug-likeness (QED) is 0.630. The van der Waals surface area contributed by atoms with Gasteiger partial charge in [-0.1, -0.05) is 12.1 Å². The Labute approximate surface area is 109 Å². The number of phenols is 3. The minimum absolute atomic E-state index is 0.0240. The predicted octanol–water partition coefficient (Wildman–Crippen LogP) is 1.72. The van der Waals surface area contributed by atoms with E-state index in [2.05, 4.69) is 0 Å². The molecule has 0 heterocycles. The second kappa shape index (κ2) is 4.99. The molecule has 0 aromatic heterocycles. The van der Waals surface area contributed by atoms with Crippen LogP contribution in [0.5, 0.6) is 17.2 Å². The fraction of sp³-hybridized carbons (Fsp3) is 0.0714. The highest BCUT2D eigenvalue weighted by molar-refractivity contribution is 6.02. The molecule has 5 nitrogen and oxygen atoms in total. The van der Waals surface area contributed by atoms with E-state index >= 15 is 0 Å². The van der Waals surface area contributed by atoms with Gasteiger partial charge in [-0.2, -0.15) is 0 Å². The number of hydrogen-bond acceptors (Lipinski definition) is 5. The molecule has 19 heavy (non-hydrogen) atoms. The summed E-state index contributed by atoms with van der Waals surface area (Å²) in [5, 5.41) is 37.8. The molecule has 0 aliphatic carbocycles. The Bertz CT molecular complexity index is 604. The lowest BCUT2D eigenvalue weighted by atomic mass is 9.99. The Balaban J connectivity index is 2.30. The Morgan fingerprint density at radius 2 is 1.47 bits per heavy atom. The maximum absolute atomic E-state index is 12.0. The first kappa shape index (κ1) is 12.9. The molecule has 0 aliphatic heterocycles. The summed E-state index contributed by atoms with van der Waals surface area (Å²) in [5.41, 5.74) is 0.216. The molecule has 0 saturated carbocycles. The number of aliphatic hydroxyl groups excluding tert-OH is 1. The van der Waals surface area contributed by atoms with Crippen LogP contribution in [0.2, 0.25) is 0 Å². The highest BCUT2D eigenvalue weighted by atomic mass is 16.3. The Morgan fingerprint density at radius 1 is 0.895 bits per heavy atom. The second-order valence-electron chi connectivity index (χ2n) is 4.06. The fourth-order valence-electron chi connectivity index (χ4n) is 1.68. The topological polar surface area (TPSA) is 98.0 Å². The summed E-state index contributed by atoms with van der Waals surface area (Å²) in [6, 6.07) is 9.03. The normalized spacial score (nSPS) is 12.1. The number of hydrogen-bond donors (Lipinski definition) is 4. The summed E-state index contributed by atoms with van der Waals surface area (Å²) in [7, 11) is 0. The molecule has 1 unspecified atom stereocenters. The Morgan fingerprint density at radius 3 is 2.05 bits per heavy atom. The first-order valence-electron chi connectivity index (χ1n) is 5.52. The molecule has 0 amide bonds. The van der Waals surface area contributed by atoms with Crippen molar-refractivity contribution >= 4 is 5.78 Å². The number of carbonyl (C=O) groups is 1. The molecule has 2 aromatic carbocycles. The first-order valence-corrected chi connectivity index (χ1v) is 5.52. The lowest BCUT2D eigenvalue weighted by Gasteiger charge is -2.11. The summed E-state index contributed by atoms with van der Waals surface area (Å²) < 4.78 is 0. The van der Waals surface area contributed by atoms with E-state index < -0.39 is 17.6 Å². The average molecular weight is 260 g/mol. The SMILES string of the molecule is O=C(c1ccc(O)cc1O)C(O)c1ccc(O)cc1. The molecule has 5 heteroatoms. The van der Waals surface area contributed by atoms with Gasteiger partial charge < -0.3 is 20.4 Å². The summed E-state index contributed by atoms with van der Waals surface area (Å²) >= 11 is 0. The molecule has 0 saturated heterocycles. The van der Waals surface area contributed by atoms with Crippen LogP contribution in [0.3, 0.4) is 0 Å². The van der Waals surface area contributed by atoms with E-state index in [1.807, 2.05) is 0 Å². The van der Waals surface area contributed by atoms with Crippen molar-refractivity contribution in [1.29, 1.82) is 0 Å². The fourth-order valence-corrected chi connectivity index (χ4v) is 1.68. The third-order valence-corrected chi connectivity index (χ3v) is 2.70. The molecule has 0 bridgehead atoms. The van der Waals surface area contributed by atoms with Gasteiger partial charge in [0.1, 0.15) is 23.4 Å². The van der Waals surface area contributed by atoms with Crippen LogP contribution >= 0.6 is 0 Å². The van der Waals surface area contributed by atoms with E-state index in [0.29, 0.717) is 5.56 Å². The Kier molecular flexibility index (Phi) is 3.39. The van der Waals surface area contributed by atoms with Crippen molar-refractivity contribution in [3.8, 4) is 17.2 Å². The molecule has 2 aromatic rings. The molecule has 4 N–H and O–H groups in total. The van der Waals surface area contributed by atoms with Crippen molar-refractivity contribution in [2.45, 2.75) is 6.10 Å². The third-order valence-electron chi connectivity index (χ3n) is 2.70. The highest BCUT2D eigenvalue weighted by Crippen LogP contribution is 2.28. The van der Waals surface area contributed by atoms with Crippen LogP contribution in [0.25, 0.3) is 0 Å². The van der Waals surface area contributed by atoms with Gasteiger partial charge in [0.05, 0.1) is 5.56 Å². The van der Waals surface area contributed by atoms with E-state index in [1.165, 1.54) is 36.4 Å². The van der Waals surface area contributed by atoms with Crippen molar-refractivity contribution < 1.29 is 25.2 Å². The van der Waals surface area contributed by atoms with E-state index in [0.717, 1.165) is 6.07 Å². The molecule has 98 valence electrons. The van der Waals surface area contributed by atoms with Crippen LogP contribution in [0, 0.1) is 0 Å². The van der Waals surface area contributed by atoms with Gasteiger partial charge in [0.25, 0.3) is 0 Å². The van der Waals surface area contributed by atoms with Crippen LogP contribution in [0.15, 0.2) is 42.5 Å². The van der Waals surface area contributed by atoms with Gasteiger partial charge in [-0.15, -0.1) is 0 Å². The van der Waals surface area contributed by atoms with Gasteiger partial charge in [-0.25, -0.2) is 0 Å². The van der Waals surface area contributed by atoms with E-state index in [9.17, 15) is 15.0 Å². The number of benzene rings is 2. The van der Waals surface area contributed by atoms with E-state index in [1.54, 1.807) is 0 Å².